The van der Waals surface area contributed by atoms with Crippen LogP contribution in [0.5, 0.6) is 0 Å². The minimum Gasteiger partial charge on any atom is -0.462 e. The van der Waals surface area contributed by atoms with Crippen LogP contribution in [0.3, 0.4) is 0 Å². The lowest BCUT2D eigenvalue weighted by Crippen LogP contribution is -2.46. The lowest BCUT2D eigenvalue weighted by molar-refractivity contribution is -0.151. The molecule has 0 rings (SSSR count). The van der Waals surface area contributed by atoms with Crippen LogP contribution in [0.1, 0.15) is 271 Å². The zero-order chi connectivity index (χ0) is 46.7. The predicted octanol–water partition coefficient (Wildman–Crippen LogP) is 16.8. The van der Waals surface area contributed by atoms with Crippen molar-refractivity contribution in [1.29, 1.82) is 0 Å². The van der Waals surface area contributed by atoms with E-state index < -0.39 is 18.2 Å². The number of aliphatic hydroxyl groups is 2. The van der Waals surface area contributed by atoms with Gasteiger partial charge >= 0.3 is 5.97 Å². The number of amides is 1. The van der Waals surface area contributed by atoms with Crippen molar-refractivity contribution >= 4 is 11.9 Å². The Kier molecular flexibility index (Phi) is 49.6. The Morgan fingerprint density at radius 3 is 1.25 bits per heavy atom. The molecule has 0 heterocycles. The lowest BCUT2D eigenvalue weighted by atomic mass is 10.0. The zero-order valence-corrected chi connectivity index (χ0v) is 42.4. The highest BCUT2D eigenvalue weighted by atomic mass is 16.5. The summed E-state index contributed by atoms with van der Waals surface area (Å²) in [4.78, 5) is 26.2. The summed E-state index contributed by atoms with van der Waals surface area (Å²) in [5, 5.41) is 23.8. The zero-order valence-electron chi connectivity index (χ0n) is 42.4. The molecule has 0 aromatic carbocycles. The van der Waals surface area contributed by atoms with E-state index in [1.807, 2.05) is 48.6 Å². The van der Waals surface area contributed by atoms with Gasteiger partial charge in [0.1, 0.15) is 6.10 Å². The van der Waals surface area contributed by atoms with Gasteiger partial charge in [0.25, 0.3) is 0 Å². The highest BCUT2D eigenvalue weighted by Gasteiger charge is 2.24. The first-order valence-electron chi connectivity index (χ1n) is 27.6. The van der Waals surface area contributed by atoms with Crippen molar-refractivity contribution in [2.24, 2.45) is 0 Å². The monoisotopic (exact) mass is 896 g/mol. The van der Waals surface area contributed by atoms with Gasteiger partial charge in [-0.3, -0.25) is 9.59 Å². The molecule has 0 radical (unpaired) electrons. The van der Waals surface area contributed by atoms with Gasteiger partial charge in [0.05, 0.1) is 25.2 Å². The first-order valence-corrected chi connectivity index (χ1v) is 27.6. The van der Waals surface area contributed by atoms with Crippen molar-refractivity contribution in [3.05, 3.63) is 60.8 Å². The first-order chi connectivity index (χ1) is 31.5. The molecular formula is C58H105NO5. The Labute approximate surface area is 397 Å². The van der Waals surface area contributed by atoms with E-state index in [4.69, 9.17) is 4.74 Å². The van der Waals surface area contributed by atoms with Gasteiger partial charge in [0.2, 0.25) is 5.91 Å². The van der Waals surface area contributed by atoms with Crippen molar-refractivity contribution in [2.75, 3.05) is 6.61 Å². The van der Waals surface area contributed by atoms with Crippen LogP contribution >= 0.6 is 0 Å². The molecule has 3 unspecified atom stereocenters. The molecule has 0 saturated carbocycles. The number of allylic oxidation sites excluding steroid dienone is 10. The SMILES string of the molecule is CC/C=C/C=C/C=C\C=C/C=C/CCCC(CC(=O)NC(CO)C(O)CCCCCCCCCCCCCCC)OC(=O)CCCCCCCCCCCCCCCCCCCCC. The van der Waals surface area contributed by atoms with Crippen LogP contribution in [0, 0.1) is 0 Å². The number of carbonyl (C=O) groups excluding carboxylic acids is 2. The Hall–Kier alpha value is -2.44. The molecule has 64 heavy (non-hydrogen) atoms. The molecule has 0 aliphatic carbocycles. The number of hydrogen-bond acceptors (Lipinski definition) is 5. The number of ether oxygens (including phenoxy) is 1. The van der Waals surface area contributed by atoms with Gasteiger partial charge < -0.3 is 20.3 Å². The van der Waals surface area contributed by atoms with E-state index in [1.165, 1.54) is 167 Å². The van der Waals surface area contributed by atoms with Crippen LogP contribution in [0.2, 0.25) is 0 Å². The van der Waals surface area contributed by atoms with Crippen LogP contribution in [0.25, 0.3) is 0 Å². The highest BCUT2D eigenvalue weighted by Crippen LogP contribution is 2.18. The van der Waals surface area contributed by atoms with E-state index in [0.29, 0.717) is 19.3 Å². The molecule has 0 aromatic rings. The fourth-order valence-corrected chi connectivity index (χ4v) is 8.34. The quantitative estimate of drug-likeness (QED) is 0.0321. The normalized spacial score (nSPS) is 13.6. The van der Waals surface area contributed by atoms with Gasteiger partial charge in [0.15, 0.2) is 0 Å². The standard InChI is InChI=1S/C58H105NO5/c1-4-7-10-13-16-19-22-25-26-27-28-29-30-33-36-39-42-45-48-51-58(63)64-54(49-46-43-40-37-34-31-23-20-17-14-11-8-5-2)52-57(62)59-55(53-60)56(61)50-47-44-41-38-35-32-24-21-18-15-12-9-6-3/h8,11,14,17,20,23,31,34,37,40,54-56,60-61H,4-7,9-10,12-13,15-16,18-19,21-22,24-30,32-33,35-36,38-39,41-53H2,1-3H3,(H,59,62)/b11-8+,17-14+,23-20-,34-31-,40-37+. The number of carbonyl (C=O) groups is 2. The molecule has 0 aliphatic rings. The molecule has 3 atom stereocenters. The van der Waals surface area contributed by atoms with Gasteiger partial charge in [-0.05, 0) is 38.5 Å². The predicted molar refractivity (Wildman–Crippen MR) is 278 cm³/mol. The molecule has 0 bridgehead atoms. The topological polar surface area (TPSA) is 95.9 Å². The number of unbranched alkanes of at least 4 members (excludes halogenated alkanes) is 31. The van der Waals surface area contributed by atoms with E-state index in [2.05, 4.69) is 38.2 Å². The second-order valence-corrected chi connectivity index (χ2v) is 18.7. The van der Waals surface area contributed by atoms with Crippen molar-refractivity contribution in [2.45, 2.75) is 289 Å². The maximum Gasteiger partial charge on any atom is 0.306 e. The van der Waals surface area contributed by atoms with Crippen LogP contribution in [0.15, 0.2) is 60.8 Å². The Morgan fingerprint density at radius 2 is 0.844 bits per heavy atom. The summed E-state index contributed by atoms with van der Waals surface area (Å²) in [6.45, 7) is 6.34. The molecule has 1 amide bonds. The second-order valence-electron chi connectivity index (χ2n) is 18.7. The summed E-state index contributed by atoms with van der Waals surface area (Å²) in [5.74, 6) is -0.537. The van der Waals surface area contributed by atoms with E-state index in [0.717, 1.165) is 57.8 Å². The fourth-order valence-electron chi connectivity index (χ4n) is 8.34. The molecule has 6 heteroatoms. The fraction of sp³-hybridized carbons (Fsp3) is 0.793. The summed E-state index contributed by atoms with van der Waals surface area (Å²) < 4.78 is 5.91. The molecule has 0 fully saturated rings. The van der Waals surface area contributed by atoms with Gasteiger partial charge in [-0.2, -0.15) is 0 Å². The average Bonchev–Trinajstić information content (AvgIpc) is 3.29. The number of nitrogens with one attached hydrogen (secondary N) is 1. The third-order valence-electron chi connectivity index (χ3n) is 12.5. The first kappa shape index (κ1) is 61.6. The van der Waals surface area contributed by atoms with Gasteiger partial charge in [-0.1, -0.05) is 281 Å². The molecule has 0 aliphatic heterocycles. The van der Waals surface area contributed by atoms with Crippen molar-refractivity contribution in [3.63, 3.8) is 0 Å². The van der Waals surface area contributed by atoms with Crippen LogP contribution < -0.4 is 5.32 Å². The molecule has 0 saturated heterocycles. The van der Waals surface area contributed by atoms with Crippen LogP contribution in [0.4, 0.5) is 0 Å². The number of aliphatic hydroxyl groups excluding tert-OH is 2. The molecule has 372 valence electrons. The van der Waals surface area contributed by atoms with Crippen molar-refractivity contribution in [3.8, 4) is 0 Å². The van der Waals surface area contributed by atoms with E-state index >= 15 is 0 Å². The third-order valence-corrected chi connectivity index (χ3v) is 12.5. The van der Waals surface area contributed by atoms with Crippen LogP contribution in [-0.4, -0.2) is 46.9 Å². The Balaban J connectivity index is 4.57. The van der Waals surface area contributed by atoms with Gasteiger partial charge in [0, 0.05) is 6.42 Å². The minimum absolute atomic E-state index is 0.0300. The van der Waals surface area contributed by atoms with Crippen LogP contribution in [-0.2, 0) is 14.3 Å². The van der Waals surface area contributed by atoms with Crippen molar-refractivity contribution < 1.29 is 24.5 Å². The molecule has 0 spiro atoms. The molecule has 0 aromatic heterocycles. The smallest absolute Gasteiger partial charge is 0.306 e. The van der Waals surface area contributed by atoms with E-state index in [-0.39, 0.29) is 24.9 Å². The molecule has 6 nitrogen and oxygen atoms in total. The second kappa shape index (κ2) is 51.5. The number of rotatable bonds is 49. The number of hydrogen-bond donors (Lipinski definition) is 3. The molecular weight excluding hydrogens is 791 g/mol. The lowest BCUT2D eigenvalue weighted by Gasteiger charge is -2.24. The summed E-state index contributed by atoms with van der Waals surface area (Å²) in [6.07, 6.45) is 64.4. The van der Waals surface area contributed by atoms with Crippen molar-refractivity contribution in [1.82, 2.24) is 5.32 Å². The van der Waals surface area contributed by atoms with E-state index in [1.54, 1.807) is 0 Å². The minimum atomic E-state index is -0.806. The van der Waals surface area contributed by atoms with E-state index in [9.17, 15) is 19.8 Å². The Bertz CT molecular complexity index is 1140. The highest BCUT2D eigenvalue weighted by molar-refractivity contribution is 5.77. The largest absolute Gasteiger partial charge is 0.462 e. The van der Waals surface area contributed by atoms with Gasteiger partial charge in [-0.15, -0.1) is 0 Å². The Morgan fingerprint density at radius 1 is 0.469 bits per heavy atom. The summed E-state index contributed by atoms with van der Waals surface area (Å²) in [7, 11) is 0. The summed E-state index contributed by atoms with van der Waals surface area (Å²) in [5.41, 5.74) is 0. The molecule has 3 N–H and O–H groups in total. The average molecular weight is 896 g/mol. The summed E-state index contributed by atoms with van der Waals surface area (Å²) in [6, 6.07) is -0.724. The third kappa shape index (κ3) is 46.1. The summed E-state index contributed by atoms with van der Waals surface area (Å²) >= 11 is 0. The van der Waals surface area contributed by atoms with Gasteiger partial charge in [-0.25, -0.2) is 0 Å². The maximum atomic E-state index is 13.2. The number of esters is 1. The maximum absolute atomic E-state index is 13.2.